The number of methoxy groups -OCH3 is 2. The number of benzene rings is 1. The molecule has 2 aliphatic heterocycles. The molecule has 9 nitrogen and oxygen atoms in total. The highest BCUT2D eigenvalue weighted by molar-refractivity contribution is 5.91. The number of morpholine rings is 1. The van der Waals surface area contributed by atoms with Gasteiger partial charge >= 0.3 is 0 Å². The molecular weight excluding hydrogens is 384 g/mol. The summed E-state index contributed by atoms with van der Waals surface area (Å²) in [6.45, 7) is 6.38. The molecule has 3 heterocycles. The number of hydrogen-bond donors (Lipinski definition) is 2. The highest BCUT2D eigenvalue weighted by atomic mass is 16.5. The lowest BCUT2D eigenvalue weighted by atomic mass is 9.85. The fourth-order valence-corrected chi connectivity index (χ4v) is 4.65. The van der Waals surface area contributed by atoms with Gasteiger partial charge in [-0.3, -0.25) is 4.90 Å². The van der Waals surface area contributed by atoms with Crippen LogP contribution < -0.4 is 25.4 Å². The van der Waals surface area contributed by atoms with Crippen LogP contribution in [0.2, 0.25) is 0 Å². The monoisotopic (exact) mass is 416 g/mol. The molecule has 2 saturated heterocycles. The molecule has 0 radical (unpaired) electrons. The Morgan fingerprint density at radius 2 is 1.80 bits per heavy atom. The van der Waals surface area contributed by atoms with Crippen LogP contribution in [0.1, 0.15) is 12.8 Å². The van der Waals surface area contributed by atoms with E-state index in [9.17, 15) is 0 Å². The third-order valence-corrected chi connectivity index (χ3v) is 6.31. The lowest BCUT2D eigenvalue weighted by Crippen LogP contribution is -2.62. The number of likely N-dealkylation sites (N-methyl/N-ethyl adjacent to an activating group) is 1. The summed E-state index contributed by atoms with van der Waals surface area (Å²) in [7, 11) is 5.27. The highest BCUT2D eigenvalue weighted by Crippen LogP contribution is 2.35. The lowest BCUT2D eigenvalue weighted by Gasteiger charge is -2.49. The molecule has 1 aromatic heterocycles. The van der Waals surface area contributed by atoms with Crippen LogP contribution in [0, 0.1) is 0 Å². The summed E-state index contributed by atoms with van der Waals surface area (Å²) in [5.74, 6) is 2.30. The second-order valence-electron chi connectivity index (χ2n) is 8.06. The van der Waals surface area contributed by atoms with Crippen molar-refractivity contribution >= 4 is 22.7 Å². The molecule has 3 N–H and O–H groups in total. The first-order valence-electron chi connectivity index (χ1n) is 10.5. The zero-order valence-corrected chi connectivity index (χ0v) is 18.1. The van der Waals surface area contributed by atoms with Crippen molar-refractivity contribution in [2.75, 3.05) is 77.8 Å². The quantitative estimate of drug-likeness (QED) is 0.718. The van der Waals surface area contributed by atoms with Crippen LogP contribution in [0.25, 0.3) is 10.9 Å². The second kappa shape index (κ2) is 8.79. The van der Waals surface area contributed by atoms with Crippen molar-refractivity contribution in [3.05, 3.63) is 12.1 Å². The van der Waals surface area contributed by atoms with Crippen molar-refractivity contribution in [2.45, 2.75) is 18.4 Å². The van der Waals surface area contributed by atoms with Gasteiger partial charge in [0, 0.05) is 43.7 Å². The van der Waals surface area contributed by atoms with Crippen LogP contribution in [0.5, 0.6) is 11.5 Å². The van der Waals surface area contributed by atoms with Gasteiger partial charge in [0.15, 0.2) is 11.5 Å². The molecule has 2 aliphatic rings. The molecule has 0 aliphatic carbocycles. The molecule has 1 aromatic carbocycles. The van der Waals surface area contributed by atoms with E-state index in [4.69, 9.17) is 24.9 Å². The van der Waals surface area contributed by atoms with Gasteiger partial charge in [-0.15, -0.1) is 0 Å². The van der Waals surface area contributed by atoms with E-state index in [0.717, 1.165) is 69.7 Å². The van der Waals surface area contributed by atoms with Gasteiger partial charge in [-0.2, -0.15) is 4.98 Å². The Hall–Kier alpha value is -2.36. The Bertz CT molecular complexity index is 881. The van der Waals surface area contributed by atoms with E-state index in [0.29, 0.717) is 23.3 Å². The highest BCUT2D eigenvalue weighted by Gasteiger charge is 2.40. The number of aromatic nitrogens is 2. The lowest BCUT2D eigenvalue weighted by molar-refractivity contribution is -0.0313. The molecule has 4 rings (SSSR count). The summed E-state index contributed by atoms with van der Waals surface area (Å²) in [6.07, 6.45) is 2.18. The first-order chi connectivity index (χ1) is 14.6. The molecule has 0 saturated carbocycles. The van der Waals surface area contributed by atoms with Gasteiger partial charge in [-0.25, -0.2) is 4.98 Å². The van der Waals surface area contributed by atoms with Gasteiger partial charge in [0.25, 0.3) is 0 Å². The standard InChI is InChI=1S/C21H32N6O3/c1-26(14-21(4-6-23-7-5-21)27-8-10-30-11-9-27)20-24-16-13-18(29-3)17(28-2)12-15(16)19(22)25-20/h12-13,23H,4-11,14H2,1-3H3,(H2,22,24,25). The maximum absolute atomic E-state index is 6.31. The molecule has 30 heavy (non-hydrogen) atoms. The van der Waals surface area contributed by atoms with Crippen LogP contribution in [0.3, 0.4) is 0 Å². The number of hydrogen-bond acceptors (Lipinski definition) is 9. The number of nitrogens with one attached hydrogen (secondary N) is 1. The number of piperidine rings is 1. The number of nitrogens with zero attached hydrogens (tertiary/aromatic N) is 4. The first kappa shape index (κ1) is 20.9. The van der Waals surface area contributed by atoms with Crippen LogP contribution in [-0.2, 0) is 4.74 Å². The minimum absolute atomic E-state index is 0.0778. The zero-order valence-electron chi connectivity index (χ0n) is 18.1. The van der Waals surface area contributed by atoms with Crippen LogP contribution >= 0.6 is 0 Å². The predicted octanol–water partition coefficient (Wildman–Crippen LogP) is 1.12. The minimum Gasteiger partial charge on any atom is -0.493 e. The number of rotatable bonds is 6. The maximum Gasteiger partial charge on any atom is 0.227 e. The van der Waals surface area contributed by atoms with Gasteiger partial charge in [-0.05, 0) is 32.0 Å². The van der Waals surface area contributed by atoms with Gasteiger partial charge in [-0.1, -0.05) is 0 Å². The van der Waals surface area contributed by atoms with Crippen molar-refractivity contribution in [3.8, 4) is 11.5 Å². The van der Waals surface area contributed by atoms with E-state index in [-0.39, 0.29) is 5.54 Å². The topological polar surface area (TPSA) is 98.0 Å². The third kappa shape index (κ3) is 3.97. The molecule has 2 fully saturated rings. The van der Waals surface area contributed by atoms with Crippen molar-refractivity contribution in [1.82, 2.24) is 20.2 Å². The molecule has 0 atom stereocenters. The molecule has 9 heteroatoms. The largest absolute Gasteiger partial charge is 0.493 e. The molecule has 0 amide bonds. The van der Waals surface area contributed by atoms with Crippen molar-refractivity contribution in [3.63, 3.8) is 0 Å². The average molecular weight is 417 g/mol. The smallest absolute Gasteiger partial charge is 0.227 e. The van der Waals surface area contributed by atoms with Crippen molar-refractivity contribution in [1.29, 1.82) is 0 Å². The summed E-state index contributed by atoms with van der Waals surface area (Å²) in [6, 6.07) is 3.68. The predicted molar refractivity (Wildman–Crippen MR) is 118 cm³/mol. The summed E-state index contributed by atoms with van der Waals surface area (Å²) in [5.41, 5.74) is 7.13. The minimum atomic E-state index is 0.0778. The number of anilines is 2. The van der Waals surface area contributed by atoms with Gasteiger partial charge in [0.1, 0.15) is 5.82 Å². The van der Waals surface area contributed by atoms with E-state index < -0.39 is 0 Å². The van der Waals surface area contributed by atoms with Gasteiger partial charge < -0.3 is 30.2 Å². The number of ether oxygens (including phenoxy) is 3. The molecule has 0 unspecified atom stereocenters. The summed E-state index contributed by atoms with van der Waals surface area (Å²) in [4.78, 5) is 14.1. The number of fused-ring (bicyclic) bond motifs is 1. The number of nitrogens with two attached hydrogens (primary N) is 1. The van der Waals surface area contributed by atoms with Crippen LogP contribution in [0.15, 0.2) is 12.1 Å². The fourth-order valence-electron chi connectivity index (χ4n) is 4.65. The SMILES string of the molecule is COc1cc2nc(N(C)CC3(N4CCOCC4)CCNCC3)nc(N)c2cc1OC. The van der Waals surface area contributed by atoms with E-state index in [1.54, 1.807) is 14.2 Å². The van der Waals surface area contributed by atoms with E-state index in [2.05, 4.69) is 20.1 Å². The van der Waals surface area contributed by atoms with Crippen LogP contribution in [0.4, 0.5) is 11.8 Å². The Kier molecular flexibility index (Phi) is 6.12. The average Bonchev–Trinajstić information content (AvgIpc) is 2.79. The Morgan fingerprint density at radius 3 is 2.47 bits per heavy atom. The molecular formula is C21H32N6O3. The van der Waals surface area contributed by atoms with Crippen molar-refractivity contribution in [2.24, 2.45) is 0 Å². The Morgan fingerprint density at radius 1 is 1.13 bits per heavy atom. The summed E-state index contributed by atoms with van der Waals surface area (Å²) >= 11 is 0. The van der Waals surface area contributed by atoms with Crippen molar-refractivity contribution < 1.29 is 14.2 Å². The molecule has 164 valence electrons. The molecule has 2 aromatic rings. The zero-order chi connectivity index (χ0) is 21.1. The van der Waals surface area contributed by atoms with Gasteiger partial charge in [0.05, 0.1) is 33.0 Å². The van der Waals surface area contributed by atoms with Gasteiger partial charge in [0.2, 0.25) is 5.95 Å². The Balaban J connectivity index is 1.64. The van der Waals surface area contributed by atoms with E-state index in [1.807, 2.05) is 19.2 Å². The molecule has 0 bridgehead atoms. The maximum atomic E-state index is 6.31. The normalized spacial score (nSPS) is 19.6. The van der Waals surface area contributed by atoms with Crippen LogP contribution in [-0.4, -0.2) is 87.6 Å². The van der Waals surface area contributed by atoms with E-state index >= 15 is 0 Å². The summed E-state index contributed by atoms with van der Waals surface area (Å²) < 4.78 is 16.4. The fraction of sp³-hybridized carbons (Fsp3) is 0.619. The number of nitrogen functional groups attached to an aromatic ring is 1. The third-order valence-electron chi connectivity index (χ3n) is 6.31. The Labute approximate surface area is 177 Å². The summed E-state index contributed by atoms with van der Waals surface area (Å²) in [5, 5.41) is 4.25. The first-order valence-corrected chi connectivity index (χ1v) is 10.5. The second-order valence-corrected chi connectivity index (χ2v) is 8.06. The van der Waals surface area contributed by atoms with E-state index in [1.165, 1.54) is 0 Å². The molecule has 0 spiro atoms.